The Balaban J connectivity index is 1.82. The fourth-order valence-electron chi connectivity index (χ4n) is 3.30. The maximum Gasteiger partial charge on any atom is 0.177 e. The first-order chi connectivity index (χ1) is 13.3. The summed E-state index contributed by atoms with van der Waals surface area (Å²) in [6.07, 6.45) is 8.40. The van der Waals surface area contributed by atoms with E-state index in [1.807, 2.05) is 72.8 Å². The highest BCUT2D eigenvalue weighted by molar-refractivity contribution is 5.49. The second kappa shape index (κ2) is 7.50. The lowest BCUT2D eigenvalue weighted by atomic mass is 9.84. The van der Waals surface area contributed by atoms with Gasteiger partial charge in [-0.1, -0.05) is 109 Å². The Kier molecular flexibility index (Phi) is 4.75. The smallest absolute Gasteiger partial charge is 0.177 e. The first-order valence-corrected chi connectivity index (χ1v) is 9.07. The molecule has 0 saturated heterocycles. The zero-order chi connectivity index (χ0) is 18.5. The van der Waals surface area contributed by atoms with Gasteiger partial charge < -0.3 is 5.11 Å². The lowest BCUT2D eigenvalue weighted by Gasteiger charge is -2.24. The molecule has 1 N–H and O–H groups in total. The minimum absolute atomic E-state index is 0.243. The van der Waals surface area contributed by atoms with E-state index >= 15 is 0 Å². The van der Waals surface area contributed by atoms with Crippen LogP contribution in [0.5, 0.6) is 0 Å². The molecule has 1 atom stereocenters. The second-order valence-corrected chi connectivity index (χ2v) is 6.61. The standard InChI is InChI=1S/C26H20O/c27-26(24-15-5-2-6-16-24,19-18-21-10-3-1-4-11-21)25-17-9-14-23(20-25)22-12-7-8-13-22/h1-17,20,22,27H. The van der Waals surface area contributed by atoms with E-state index in [1.54, 1.807) is 0 Å². The monoisotopic (exact) mass is 348 g/mol. The van der Waals surface area contributed by atoms with E-state index < -0.39 is 5.60 Å². The van der Waals surface area contributed by atoms with E-state index in [2.05, 4.69) is 48.3 Å². The zero-order valence-electron chi connectivity index (χ0n) is 14.9. The molecular weight excluding hydrogens is 328 g/mol. The molecule has 3 aromatic carbocycles. The number of allylic oxidation sites excluding steroid dienone is 4. The Bertz CT molecular complexity index is 1020. The molecule has 1 aliphatic carbocycles. The average Bonchev–Trinajstić information content (AvgIpc) is 3.28. The van der Waals surface area contributed by atoms with Crippen LogP contribution in [0, 0.1) is 11.8 Å². The molecule has 4 rings (SSSR count). The fraction of sp³-hybridized carbons (Fsp3) is 0.0769. The predicted octanol–water partition coefficient (Wildman–Crippen LogP) is 5.18. The number of rotatable bonds is 3. The van der Waals surface area contributed by atoms with Gasteiger partial charge in [0.15, 0.2) is 5.60 Å². The van der Waals surface area contributed by atoms with Gasteiger partial charge in [-0.2, -0.15) is 0 Å². The van der Waals surface area contributed by atoms with Crippen molar-refractivity contribution in [2.24, 2.45) is 0 Å². The molecule has 27 heavy (non-hydrogen) atoms. The molecule has 130 valence electrons. The highest BCUT2D eigenvalue weighted by Gasteiger charge is 2.30. The molecular formula is C26H20O. The summed E-state index contributed by atoms with van der Waals surface area (Å²) in [7, 11) is 0. The quantitative estimate of drug-likeness (QED) is 0.646. The van der Waals surface area contributed by atoms with E-state index in [-0.39, 0.29) is 5.92 Å². The highest BCUT2D eigenvalue weighted by Crippen LogP contribution is 2.32. The first-order valence-electron chi connectivity index (χ1n) is 9.07. The molecule has 1 nitrogen and oxygen atoms in total. The van der Waals surface area contributed by atoms with Crippen LogP contribution in [0.15, 0.2) is 109 Å². The molecule has 0 spiro atoms. The minimum Gasteiger partial charge on any atom is -0.369 e. The van der Waals surface area contributed by atoms with Crippen LogP contribution in [0.1, 0.15) is 28.2 Å². The predicted molar refractivity (Wildman–Crippen MR) is 110 cm³/mol. The summed E-state index contributed by atoms with van der Waals surface area (Å²) in [5.41, 5.74) is 2.20. The third-order valence-electron chi connectivity index (χ3n) is 4.79. The van der Waals surface area contributed by atoms with E-state index in [0.29, 0.717) is 0 Å². The molecule has 0 saturated carbocycles. The second-order valence-electron chi connectivity index (χ2n) is 6.61. The Morgan fingerprint density at radius 1 is 0.704 bits per heavy atom. The molecule has 0 amide bonds. The zero-order valence-corrected chi connectivity index (χ0v) is 14.9. The van der Waals surface area contributed by atoms with Crippen molar-refractivity contribution in [1.82, 2.24) is 0 Å². The lowest BCUT2D eigenvalue weighted by molar-refractivity contribution is 0.145. The highest BCUT2D eigenvalue weighted by atomic mass is 16.3. The summed E-state index contributed by atoms with van der Waals surface area (Å²) in [5, 5.41) is 11.7. The maximum atomic E-state index is 11.7. The van der Waals surface area contributed by atoms with Crippen molar-refractivity contribution in [2.45, 2.75) is 11.5 Å². The van der Waals surface area contributed by atoms with Gasteiger partial charge in [-0.3, -0.25) is 0 Å². The van der Waals surface area contributed by atoms with Gasteiger partial charge in [0.2, 0.25) is 0 Å². The van der Waals surface area contributed by atoms with Crippen LogP contribution in [-0.2, 0) is 5.60 Å². The summed E-state index contributed by atoms with van der Waals surface area (Å²) < 4.78 is 0. The van der Waals surface area contributed by atoms with Gasteiger partial charge in [-0.15, -0.1) is 0 Å². The topological polar surface area (TPSA) is 20.2 Å². The summed E-state index contributed by atoms with van der Waals surface area (Å²) in [6.45, 7) is 0. The van der Waals surface area contributed by atoms with Gasteiger partial charge in [0, 0.05) is 22.6 Å². The third kappa shape index (κ3) is 3.62. The van der Waals surface area contributed by atoms with Gasteiger partial charge in [0.25, 0.3) is 0 Å². The summed E-state index contributed by atoms with van der Waals surface area (Å²) in [6, 6.07) is 27.5. The van der Waals surface area contributed by atoms with Gasteiger partial charge in [0.1, 0.15) is 0 Å². The first kappa shape index (κ1) is 17.1. The van der Waals surface area contributed by atoms with Crippen molar-refractivity contribution in [2.75, 3.05) is 0 Å². The minimum atomic E-state index is -1.38. The van der Waals surface area contributed by atoms with E-state index in [1.165, 1.54) is 0 Å². The van der Waals surface area contributed by atoms with Crippen LogP contribution in [0.2, 0.25) is 0 Å². The molecule has 0 heterocycles. The van der Waals surface area contributed by atoms with Crippen molar-refractivity contribution in [1.29, 1.82) is 0 Å². The molecule has 3 aromatic rings. The number of benzene rings is 3. The van der Waals surface area contributed by atoms with E-state index in [9.17, 15) is 5.11 Å². The van der Waals surface area contributed by atoms with Crippen LogP contribution in [0.4, 0.5) is 0 Å². The normalized spacial score (nSPS) is 15.1. The molecule has 1 aliphatic rings. The van der Waals surface area contributed by atoms with Crippen molar-refractivity contribution < 1.29 is 5.11 Å². The maximum absolute atomic E-state index is 11.7. The Hall–Kier alpha value is -3.34. The molecule has 0 bridgehead atoms. The number of aliphatic hydroxyl groups is 1. The summed E-state index contributed by atoms with van der Waals surface area (Å²) in [4.78, 5) is 0. The van der Waals surface area contributed by atoms with Crippen LogP contribution in [0.3, 0.4) is 0 Å². The third-order valence-corrected chi connectivity index (χ3v) is 4.79. The lowest BCUT2D eigenvalue weighted by Crippen LogP contribution is -2.25. The Labute approximate surface area is 160 Å². The average molecular weight is 348 g/mol. The SMILES string of the molecule is OC(C#Cc1ccccc1)(c1ccccc1)c1cccc(C2C=CC=C2)c1. The van der Waals surface area contributed by atoms with E-state index in [0.717, 1.165) is 22.3 Å². The van der Waals surface area contributed by atoms with Crippen molar-refractivity contribution >= 4 is 0 Å². The van der Waals surface area contributed by atoms with Crippen molar-refractivity contribution in [3.8, 4) is 11.8 Å². The molecule has 0 aromatic heterocycles. The van der Waals surface area contributed by atoms with Crippen molar-refractivity contribution in [3.63, 3.8) is 0 Å². The van der Waals surface area contributed by atoms with Gasteiger partial charge in [-0.25, -0.2) is 0 Å². The van der Waals surface area contributed by atoms with E-state index in [4.69, 9.17) is 0 Å². The Morgan fingerprint density at radius 2 is 1.33 bits per heavy atom. The van der Waals surface area contributed by atoms with Crippen LogP contribution >= 0.6 is 0 Å². The van der Waals surface area contributed by atoms with Gasteiger partial charge in [-0.05, 0) is 17.7 Å². The molecule has 0 aliphatic heterocycles. The molecule has 1 unspecified atom stereocenters. The summed E-state index contributed by atoms with van der Waals surface area (Å²) in [5.74, 6) is 6.52. The largest absolute Gasteiger partial charge is 0.369 e. The number of hydrogen-bond acceptors (Lipinski definition) is 1. The molecule has 0 fully saturated rings. The molecule has 0 radical (unpaired) electrons. The van der Waals surface area contributed by atoms with Gasteiger partial charge >= 0.3 is 0 Å². The number of hydrogen-bond donors (Lipinski definition) is 1. The van der Waals surface area contributed by atoms with Crippen LogP contribution < -0.4 is 0 Å². The van der Waals surface area contributed by atoms with Crippen LogP contribution in [-0.4, -0.2) is 5.11 Å². The molecule has 1 heteroatoms. The summed E-state index contributed by atoms with van der Waals surface area (Å²) >= 11 is 0. The Morgan fingerprint density at radius 3 is 2.04 bits per heavy atom. The van der Waals surface area contributed by atoms with Gasteiger partial charge in [0.05, 0.1) is 0 Å². The van der Waals surface area contributed by atoms with Crippen molar-refractivity contribution in [3.05, 3.63) is 131 Å². The fourth-order valence-corrected chi connectivity index (χ4v) is 3.30. The van der Waals surface area contributed by atoms with Crippen LogP contribution in [0.25, 0.3) is 0 Å².